The molecule has 0 aliphatic carbocycles. The molecule has 0 rings (SSSR count). The van der Waals surface area contributed by atoms with Gasteiger partial charge in [-0.3, -0.25) is 0 Å². The van der Waals surface area contributed by atoms with Crippen LogP contribution < -0.4 is 0 Å². The highest BCUT2D eigenvalue weighted by atomic mass is 19.3. The molecule has 0 aromatic heterocycles. The van der Waals surface area contributed by atoms with E-state index in [1.807, 2.05) is 0 Å². The number of methoxy groups -OCH3 is 1. The molecule has 0 radical (unpaired) electrons. The number of ether oxygens (including phenoxy) is 1. The zero-order valence-corrected chi connectivity index (χ0v) is 12.0. The topological polar surface area (TPSA) is 9.23 Å². The molecule has 0 aliphatic heterocycles. The molecule has 0 atom stereocenters. The van der Waals surface area contributed by atoms with E-state index < -0.39 is 11.8 Å². The average Bonchev–Trinajstić information content (AvgIpc) is 2.16. The number of hydrogen-bond donors (Lipinski definition) is 0. The highest BCUT2D eigenvalue weighted by Crippen LogP contribution is 2.31. The normalized spacial score (nSPS) is 13.4. The van der Waals surface area contributed by atoms with E-state index >= 15 is 0 Å². The van der Waals surface area contributed by atoms with E-state index in [0.29, 0.717) is 6.42 Å². The maximum atomic E-state index is 13.3. The first-order chi connectivity index (χ1) is 7.71. The van der Waals surface area contributed by atoms with Gasteiger partial charge in [0.25, 0.3) is 0 Å². The fourth-order valence-corrected chi connectivity index (χ4v) is 1.89. The highest BCUT2D eigenvalue weighted by molar-refractivity contribution is 4.71. The van der Waals surface area contributed by atoms with E-state index in [0.717, 1.165) is 25.9 Å². The second-order valence-corrected chi connectivity index (χ2v) is 6.07. The van der Waals surface area contributed by atoms with Crippen molar-refractivity contribution in [3.8, 4) is 0 Å². The van der Waals surface area contributed by atoms with Crippen molar-refractivity contribution in [1.82, 2.24) is 0 Å². The number of unbranched alkanes of at least 4 members (excludes halogenated alkanes) is 2. The Bertz CT molecular complexity index is 200. The predicted molar refractivity (Wildman–Crippen MR) is 68.5 cm³/mol. The molecule has 0 N–H and O–H groups in total. The van der Waals surface area contributed by atoms with Gasteiger partial charge in [-0.15, -0.1) is 0 Å². The number of hydrogen-bond acceptors (Lipinski definition) is 1. The lowest BCUT2D eigenvalue weighted by Crippen LogP contribution is -2.23. The molecule has 0 saturated carbocycles. The third-order valence-electron chi connectivity index (χ3n) is 3.24. The van der Waals surface area contributed by atoms with Crippen LogP contribution >= 0.6 is 0 Å². The summed E-state index contributed by atoms with van der Waals surface area (Å²) in [6.07, 6.45) is 3.57. The van der Waals surface area contributed by atoms with Gasteiger partial charge in [-0.2, -0.15) is 0 Å². The fourth-order valence-electron chi connectivity index (χ4n) is 1.89. The van der Waals surface area contributed by atoms with Gasteiger partial charge < -0.3 is 4.74 Å². The van der Waals surface area contributed by atoms with Crippen LogP contribution in [-0.2, 0) is 4.74 Å². The zero-order valence-electron chi connectivity index (χ0n) is 12.0. The Hall–Kier alpha value is -0.180. The highest BCUT2D eigenvalue weighted by Gasteiger charge is 2.32. The summed E-state index contributed by atoms with van der Waals surface area (Å²) in [5.41, 5.74) is 0.162. The van der Waals surface area contributed by atoms with Crippen LogP contribution in [0.5, 0.6) is 0 Å². The lowest BCUT2D eigenvalue weighted by Gasteiger charge is -2.24. The van der Waals surface area contributed by atoms with Crippen molar-refractivity contribution in [3.63, 3.8) is 0 Å². The van der Waals surface area contributed by atoms with Gasteiger partial charge in [-0.05, 0) is 18.3 Å². The summed E-state index contributed by atoms with van der Waals surface area (Å²) < 4.78 is 31.7. The smallest absolute Gasteiger partial charge is 0.250 e. The fraction of sp³-hybridized carbons (Fsp3) is 1.00. The van der Waals surface area contributed by atoms with Crippen LogP contribution in [0.1, 0.15) is 59.8 Å². The second-order valence-electron chi connectivity index (χ2n) is 6.07. The molecular weight excluding hydrogens is 222 g/mol. The van der Waals surface area contributed by atoms with Gasteiger partial charge in [0.05, 0.1) is 6.61 Å². The van der Waals surface area contributed by atoms with E-state index in [4.69, 9.17) is 4.74 Å². The summed E-state index contributed by atoms with van der Waals surface area (Å²) in [4.78, 5) is 0. The van der Waals surface area contributed by atoms with Crippen molar-refractivity contribution < 1.29 is 13.5 Å². The van der Waals surface area contributed by atoms with E-state index in [1.165, 1.54) is 0 Å². The average molecular weight is 250 g/mol. The minimum Gasteiger partial charge on any atom is -0.384 e. The maximum absolute atomic E-state index is 13.3. The molecule has 0 bridgehead atoms. The maximum Gasteiger partial charge on any atom is 0.250 e. The van der Waals surface area contributed by atoms with Crippen LogP contribution in [0.3, 0.4) is 0 Å². The molecule has 3 heteroatoms. The third kappa shape index (κ3) is 7.69. The molecule has 0 saturated heterocycles. The van der Waals surface area contributed by atoms with E-state index in [9.17, 15) is 8.78 Å². The van der Waals surface area contributed by atoms with Gasteiger partial charge in [-0.25, -0.2) is 8.78 Å². The molecule has 104 valence electrons. The summed E-state index contributed by atoms with van der Waals surface area (Å²) in [5.74, 6) is -3.05. The Balaban J connectivity index is 3.66. The zero-order chi connectivity index (χ0) is 13.5. The molecule has 0 spiro atoms. The minimum absolute atomic E-state index is 0.0232. The summed E-state index contributed by atoms with van der Waals surface area (Å²) in [6.45, 7) is 8.21. The lowest BCUT2D eigenvalue weighted by atomic mass is 9.87. The SMILES string of the molecule is COCC(C)(C)CCCCCC(F)(F)C(C)C. The van der Waals surface area contributed by atoms with Crippen LogP contribution in [0.2, 0.25) is 0 Å². The van der Waals surface area contributed by atoms with Crippen molar-refractivity contribution in [2.75, 3.05) is 13.7 Å². The molecule has 1 nitrogen and oxygen atoms in total. The molecular formula is C14H28F2O. The van der Waals surface area contributed by atoms with Crippen molar-refractivity contribution in [3.05, 3.63) is 0 Å². The van der Waals surface area contributed by atoms with Gasteiger partial charge >= 0.3 is 0 Å². The van der Waals surface area contributed by atoms with Gasteiger partial charge in [0, 0.05) is 19.4 Å². The van der Waals surface area contributed by atoms with Crippen LogP contribution in [0, 0.1) is 11.3 Å². The Labute approximate surface area is 105 Å². The van der Waals surface area contributed by atoms with E-state index in [2.05, 4.69) is 13.8 Å². The lowest BCUT2D eigenvalue weighted by molar-refractivity contribution is -0.0542. The summed E-state index contributed by atoms with van der Waals surface area (Å²) in [7, 11) is 1.70. The molecule has 0 amide bonds. The summed E-state index contributed by atoms with van der Waals surface area (Å²) >= 11 is 0. The van der Waals surface area contributed by atoms with Gasteiger partial charge in [0.1, 0.15) is 0 Å². The molecule has 0 aromatic carbocycles. The first kappa shape index (κ1) is 16.8. The van der Waals surface area contributed by atoms with Gasteiger partial charge in [0.15, 0.2) is 0 Å². The second kappa shape index (κ2) is 7.30. The van der Waals surface area contributed by atoms with Crippen LogP contribution in [-0.4, -0.2) is 19.6 Å². The van der Waals surface area contributed by atoms with E-state index in [-0.39, 0.29) is 11.8 Å². The Kier molecular flexibility index (Phi) is 7.22. The Morgan fingerprint density at radius 3 is 2.00 bits per heavy atom. The molecule has 0 heterocycles. The minimum atomic E-state index is -2.50. The number of alkyl halides is 2. The molecule has 0 fully saturated rings. The van der Waals surface area contributed by atoms with Crippen LogP contribution in [0.4, 0.5) is 8.78 Å². The first-order valence-electron chi connectivity index (χ1n) is 6.58. The molecule has 17 heavy (non-hydrogen) atoms. The van der Waals surface area contributed by atoms with Crippen molar-refractivity contribution >= 4 is 0 Å². The molecule has 0 aromatic rings. The first-order valence-corrected chi connectivity index (χ1v) is 6.58. The monoisotopic (exact) mass is 250 g/mol. The number of halogens is 2. The van der Waals surface area contributed by atoms with Crippen LogP contribution in [0.25, 0.3) is 0 Å². The Morgan fingerprint density at radius 1 is 1.00 bits per heavy atom. The van der Waals surface area contributed by atoms with Gasteiger partial charge in [-0.1, -0.05) is 40.5 Å². The van der Waals surface area contributed by atoms with Crippen molar-refractivity contribution in [2.45, 2.75) is 65.7 Å². The summed E-state index contributed by atoms with van der Waals surface area (Å²) in [6, 6.07) is 0. The quantitative estimate of drug-likeness (QED) is 0.529. The summed E-state index contributed by atoms with van der Waals surface area (Å²) in [5, 5.41) is 0. The molecule has 0 aliphatic rings. The molecule has 0 unspecified atom stereocenters. The van der Waals surface area contributed by atoms with Crippen LogP contribution in [0.15, 0.2) is 0 Å². The standard InChI is InChI=1S/C14H28F2O/c1-12(2)14(15,16)10-8-6-7-9-13(3,4)11-17-5/h12H,6-11H2,1-5H3. The third-order valence-corrected chi connectivity index (χ3v) is 3.24. The Morgan fingerprint density at radius 2 is 1.53 bits per heavy atom. The largest absolute Gasteiger partial charge is 0.384 e. The van der Waals surface area contributed by atoms with Crippen molar-refractivity contribution in [1.29, 1.82) is 0 Å². The predicted octanol–water partition coefficient (Wildman–Crippen LogP) is 4.90. The number of rotatable bonds is 9. The van der Waals surface area contributed by atoms with E-state index in [1.54, 1.807) is 21.0 Å². The van der Waals surface area contributed by atoms with Gasteiger partial charge in [0.2, 0.25) is 5.92 Å². The van der Waals surface area contributed by atoms with Crippen molar-refractivity contribution in [2.24, 2.45) is 11.3 Å².